The maximum absolute atomic E-state index is 14.2. The molecular weight excluding hydrogens is 325 g/mol. The Labute approximate surface area is 142 Å². The molecule has 2 heterocycles. The molecule has 2 aromatic carbocycles. The molecule has 0 spiro atoms. The maximum atomic E-state index is 14.2. The molecular formula is C17H16FN5O2. The first-order valence-corrected chi connectivity index (χ1v) is 7.99. The number of anilines is 2. The summed E-state index contributed by atoms with van der Waals surface area (Å²) in [4.78, 5) is 12.0. The van der Waals surface area contributed by atoms with Crippen LogP contribution in [0, 0.1) is 15.9 Å². The third kappa shape index (κ3) is 2.98. The van der Waals surface area contributed by atoms with Crippen molar-refractivity contribution in [2.24, 2.45) is 0 Å². The molecule has 1 aliphatic rings. The Morgan fingerprint density at radius 3 is 3.00 bits per heavy atom. The molecule has 1 fully saturated rings. The molecule has 0 bridgehead atoms. The fraction of sp³-hybridized carbons (Fsp3) is 0.235. The van der Waals surface area contributed by atoms with Gasteiger partial charge in [0.05, 0.1) is 28.4 Å². The molecule has 25 heavy (non-hydrogen) atoms. The van der Waals surface area contributed by atoms with Gasteiger partial charge < -0.3 is 10.2 Å². The van der Waals surface area contributed by atoms with Crippen LogP contribution in [0.2, 0.25) is 0 Å². The Kier molecular flexibility index (Phi) is 3.72. The number of hydrogen-bond acceptors (Lipinski definition) is 5. The van der Waals surface area contributed by atoms with Crippen LogP contribution in [0.15, 0.2) is 42.6 Å². The number of aromatic amines is 1. The number of hydrogen-bond donors (Lipinski definition) is 2. The number of nitrogens with zero attached hydrogens (tertiary/aromatic N) is 3. The Morgan fingerprint density at radius 2 is 2.20 bits per heavy atom. The van der Waals surface area contributed by atoms with Gasteiger partial charge in [-0.25, -0.2) is 4.39 Å². The average molecular weight is 341 g/mol. The van der Waals surface area contributed by atoms with Crippen LogP contribution in [-0.2, 0) is 0 Å². The normalized spacial score (nSPS) is 17.2. The van der Waals surface area contributed by atoms with E-state index in [0.717, 1.165) is 29.1 Å². The molecule has 3 aromatic rings. The summed E-state index contributed by atoms with van der Waals surface area (Å²) in [5.74, 6) is -0.560. The van der Waals surface area contributed by atoms with Crippen LogP contribution in [0.5, 0.6) is 0 Å². The minimum Gasteiger partial charge on any atom is -0.380 e. The SMILES string of the molecule is O=[N+]([O-])c1ccc(N2CCC(Nc3ccc4[nH]ncc4c3)C2)c(F)c1. The van der Waals surface area contributed by atoms with Crippen molar-refractivity contribution in [2.75, 3.05) is 23.3 Å². The van der Waals surface area contributed by atoms with Crippen molar-refractivity contribution >= 4 is 28.0 Å². The first kappa shape index (κ1) is 15.4. The monoisotopic (exact) mass is 341 g/mol. The Morgan fingerprint density at radius 1 is 1.32 bits per heavy atom. The summed E-state index contributed by atoms with van der Waals surface area (Å²) < 4.78 is 14.2. The quantitative estimate of drug-likeness (QED) is 0.562. The van der Waals surface area contributed by atoms with E-state index in [1.165, 1.54) is 12.1 Å². The van der Waals surface area contributed by atoms with Gasteiger partial charge in [-0.3, -0.25) is 15.2 Å². The topological polar surface area (TPSA) is 87.1 Å². The summed E-state index contributed by atoms with van der Waals surface area (Å²) >= 11 is 0. The van der Waals surface area contributed by atoms with Crippen molar-refractivity contribution in [3.63, 3.8) is 0 Å². The molecule has 1 unspecified atom stereocenters. The van der Waals surface area contributed by atoms with Gasteiger partial charge in [0.25, 0.3) is 5.69 Å². The van der Waals surface area contributed by atoms with Gasteiger partial charge in [-0.05, 0) is 30.7 Å². The van der Waals surface area contributed by atoms with E-state index < -0.39 is 10.7 Å². The lowest BCUT2D eigenvalue weighted by Gasteiger charge is -2.20. The first-order valence-electron chi connectivity index (χ1n) is 7.99. The van der Waals surface area contributed by atoms with Crippen molar-refractivity contribution in [2.45, 2.75) is 12.5 Å². The summed E-state index contributed by atoms with van der Waals surface area (Å²) in [6, 6.07) is 9.94. The number of non-ortho nitro benzene ring substituents is 1. The maximum Gasteiger partial charge on any atom is 0.272 e. The van der Waals surface area contributed by atoms with Gasteiger partial charge in [0.15, 0.2) is 5.82 Å². The summed E-state index contributed by atoms with van der Waals surface area (Å²) in [5, 5.41) is 22.1. The van der Waals surface area contributed by atoms with Gasteiger partial charge in [0, 0.05) is 36.3 Å². The van der Waals surface area contributed by atoms with Gasteiger partial charge in [-0.15, -0.1) is 0 Å². The largest absolute Gasteiger partial charge is 0.380 e. The van der Waals surface area contributed by atoms with Crippen LogP contribution >= 0.6 is 0 Å². The average Bonchev–Trinajstić information content (AvgIpc) is 3.23. The molecule has 0 saturated carbocycles. The molecule has 1 atom stereocenters. The van der Waals surface area contributed by atoms with Crippen LogP contribution in [0.25, 0.3) is 10.9 Å². The third-order valence-corrected chi connectivity index (χ3v) is 4.48. The predicted octanol–water partition coefficient (Wildman–Crippen LogP) is 3.30. The van der Waals surface area contributed by atoms with Gasteiger partial charge in [0.2, 0.25) is 0 Å². The van der Waals surface area contributed by atoms with E-state index in [1.54, 1.807) is 6.20 Å². The smallest absolute Gasteiger partial charge is 0.272 e. The van der Waals surface area contributed by atoms with E-state index in [9.17, 15) is 14.5 Å². The predicted molar refractivity (Wildman–Crippen MR) is 93.4 cm³/mol. The number of fused-ring (bicyclic) bond motifs is 1. The van der Waals surface area contributed by atoms with Crippen LogP contribution in [0.4, 0.5) is 21.5 Å². The molecule has 7 nitrogen and oxygen atoms in total. The summed E-state index contributed by atoms with van der Waals surface area (Å²) in [7, 11) is 0. The van der Waals surface area contributed by atoms with E-state index in [2.05, 4.69) is 15.5 Å². The molecule has 0 radical (unpaired) electrons. The Hall–Kier alpha value is -3.16. The van der Waals surface area contributed by atoms with E-state index in [4.69, 9.17) is 0 Å². The fourth-order valence-electron chi connectivity index (χ4n) is 3.23. The van der Waals surface area contributed by atoms with Crippen molar-refractivity contribution in [1.82, 2.24) is 10.2 Å². The molecule has 1 aliphatic heterocycles. The number of H-pyrrole nitrogens is 1. The summed E-state index contributed by atoms with van der Waals surface area (Å²) in [6.07, 6.45) is 2.63. The fourth-order valence-corrected chi connectivity index (χ4v) is 3.23. The molecule has 0 amide bonds. The van der Waals surface area contributed by atoms with E-state index in [1.807, 2.05) is 23.1 Å². The standard InChI is InChI=1S/C17H16FN5O2/c18-15-8-14(23(24)25)2-4-17(15)22-6-5-13(10-22)20-12-1-3-16-11(7-12)9-19-21-16/h1-4,7-9,13,20H,5-6,10H2,(H,19,21). The lowest BCUT2D eigenvalue weighted by atomic mass is 10.2. The number of nitro groups is 1. The highest BCUT2D eigenvalue weighted by atomic mass is 19.1. The summed E-state index contributed by atoms with van der Waals surface area (Å²) in [6.45, 7) is 1.33. The molecule has 128 valence electrons. The first-order chi connectivity index (χ1) is 12.1. The second-order valence-electron chi connectivity index (χ2n) is 6.14. The highest BCUT2D eigenvalue weighted by molar-refractivity contribution is 5.81. The number of halogens is 1. The number of rotatable bonds is 4. The van der Waals surface area contributed by atoms with Crippen molar-refractivity contribution in [3.05, 3.63) is 58.5 Å². The molecule has 0 aliphatic carbocycles. The van der Waals surface area contributed by atoms with Gasteiger partial charge in [-0.2, -0.15) is 5.10 Å². The van der Waals surface area contributed by atoms with Crippen molar-refractivity contribution < 1.29 is 9.31 Å². The van der Waals surface area contributed by atoms with E-state index >= 15 is 0 Å². The number of nitro benzene ring substituents is 1. The van der Waals surface area contributed by atoms with E-state index in [0.29, 0.717) is 18.8 Å². The number of benzene rings is 2. The molecule has 1 saturated heterocycles. The number of nitrogens with one attached hydrogen (secondary N) is 2. The minimum absolute atomic E-state index is 0.180. The molecule has 4 rings (SSSR count). The van der Waals surface area contributed by atoms with Crippen molar-refractivity contribution in [1.29, 1.82) is 0 Å². The summed E-state index contributed by atoms with van der Waals surface area (Å²) in [5.41, 5.74) is 2.14. The molecule has 2 N–H and O–H groups in total. The lowest BCUT2D eigenvalue weighted by molar-refractivity contribution is -0.385. The Bertz CT molecular complexity index is 942. The zero-order valence-corrected chi connectivity index (χ0v) is 13.3. The van der Waals surface area contributed by atoms with Crippen LogP contribution in [0.1, 0.15) is 6.42 Å². The Balaban J connectivity index is 1.46. The molecule has 8 heteroatoms. The second-order valence-corrected chi connectivity index (χ2v) is 6.14. The van der Waals surface area contributed by atoms with Gasteiger partial charge in [0.1, 0.15) is 0 Å². The molecule has 1 aromatic heterocycles. The highest BCUT2D eigenvalue weighted by Gasteiger charge is 2.25. The number of aromatic nitrogens is 2. The van der Waals surface area contributed by atoms with Crippen LogP contribution in [-0.4, -0.2) is 34.3 Å². The van der Waals surface area contributed by atoms with Crippen LogP contribution in [0.3, 0.4) is 0 Å². The minimum atomic E-state index is -0.590. The third-order valence-electron chi connectivity index (χ3n) is 4.48. The highest BCUT2D eigenvalue weighted by Crippen LogP contribution is 2.28. The zero-order chi connectivity index (χ0) is 17.4. The van der Waals surface area contributed by atoms with Crippen LogP contribution < -0.4 is 10.2 Å². The zero-order valence-electron chi connectivity index (χ0n) is 13.3. The lowest BCUT2D eigenvalue weighted by Crippen LogP contribution is -2.26. The van der Waals surface area contributed by atoms with Crippen molar-refractivity contribution in [3.8, 4) is 0 Å². The van der Waals surface area contributed by atoms with E-state index in [-0.39, 0.29) is 11.7 Å². The van der Waals surface area contributed by atoms with Gasteiger partial charge >= 0.3 is 0 Å². The second kappa shape index (κ2) is 6.04. The van der Waals surface area contributed by atoms with Gasteiger partial charge in [-0.1, -0.05) is 0 Å².